The van der Waals surface area contributed by atoms with Crippen LogP contribution >= 0.6 is 11.3 Å². The first-order valence-corrected chi connectivity index (χ1v) is 6.98. The Bertz CT molecular complexity index is 496. The molecule has 19 heavy (non-hydrogen) atoms. The fourth-order valence-corrected chi connectivity index (χ4v) is 2.56. The van der Waals surface area contributed by atoms with Crippen molar-refractivity contribution in [2.24, 2.45) is 0 Å². The van der Waals surface area contributed by atoms with E-state index < -0.39 is 0 Å². The van der Waals surface area contributed by atoms with Crippen LogP contribution in [0.4, 0.5) is 0 Å². The molecule has 0 bridgehead atoms. The van der Waals surface area contributed by atoms with E-state index >= 15 is 0 Å². The summed E-state index contributed by atoms with van der Waals surface area (Å²) in [7, 11) is 3.59. The van der Waals surface area contributed by atoms with Gasteiger partial charge in [0.15, 0.2) is 0 Å². The number of hydrogen-bond acceptors (Lipinski definition) is 5. The van der Waals surface area contributed by atoms with E-state index in [9.17, 15) is 0 Å². The molecule has 2 aromatic rings. The molecule has 0 aliphatic heterocycles. The van der Waals surface area contributed by atoms with Gasteiger partial charge in [-0.3, -0.25) is 0 Å². The van der Waals surface area contributed by atoms with Gasteiger partial charge in [0.25, 0.3) is 0 Å². The van der Waals surface area contributed by atoms with Gasteiger partial charge in [0.1, 0.15) is 11.5 Å². The summed E-state index contributed by atoms with van der Waals surface area (Å²) < 4.78 is 10.8. The van der Waals surface area contributed by atoms with Gasteiger partial charge in [-0.25, -0.2) is 4.98 Å². The van der Waals surface area contributed by atoms with Crippen LogP contribution in [0.5, 0.6) is 11.5 Å². The van der Waals surface area contributed by atoms with E-state index in [1.165, 1.54) is 4.88 Å². The molecule has 0 aliphatic carbocycles. The van der Waals surface area contributed by atoms with E-state index in [2.05, 4.69) is 10.3 Å². The number of ether oxygens (including phenoxy) is 2. The zero-order chi connectivity index (χ0) is 13.5. The standard InChI is InChI=1S/C14H18N2O2S/c1-15-9-13-10-16-14(19-13)7-8-18-12-5-3-11(17-2)4-6-12/h3-6,10,15H,7-9H2,1-2H3. The van der Waals surface area contributed by atoms with Gasteiger partial charge in [0.05, 0.1) is 18.7 Å². The van der Waals surface area contributed by atoms with Crippen molar-refractivity contribution in [3.8, 4) is 11.5 Å². The van der Waals surface area contributed by atoms with Crippen LogP contribution in [0.2, 0.25) is 0 Å². The van der Waals surface area contributed by atoms with Crippen LogP contribution in [-0.2, 0) is 13.0 Å². The van der Waals surface area contributed by atoms with Crippen molar-refractivity contribution in [2.75, 3.05) is 20.8 Å². The van der Waals surface area contributed by atoms with Gasteiger partial charge in [-0.2, -0.15) is 0 Å². The molecule has 0 aliphatic rings. The molecular formula is C14H18N2O2S. The third kappa shape index (κ3) is 4.22. The van der Waals surface area contributed by atoms with Crippen LogP contribution < -0.4 is 14.8 Å². The largest absolute Gasteiger partial charge is 0.497 e. The second kappa shape index (κ2) is 7.11. The number of nitrogens with one attached hydrogen (secondary N) is 1. The number of rotatable bonds is 7. The van der Waals surface area contributed by atoms with Crippen molar-refractivity contribution in [3.05, 3.63) is 40.3 Å². The van der Waals surface area contributed by atoms with E-state index in [1.807, 2.05) is 37.5 Å². The second-order valence-corrected chi connectivity index (χ2v) is 5.22. The average molecular weight is 278 g/mol. The summed E-state index contributed by atoms with van der Waals surface area (Å²) >= 11 is 1.73. The molecule has 4 nitrogen and oxygen atoms in total. The molecule has 1 heterocycles. The zero-order valence-corrected chi connectivity index (χ0v) is 12.0. The molecule has 102 valence electrons. The van der Waals surface area contributed by atoms with Crippen LogP contribution in [0.25, 0.3) is 0 Å². The summed E-state index contributed by atoms with van der Waals surface area (Å²) in [6.45, 7) is 1.51. The SMILES string of the molecule is CNCc1cnc(CCOc2ccc(OC)cc2)s1. The number of benzene rings is 1. The Kier molecular flexibility index (Phi) is 5.18. The molecule has 0 radical (unpaired) electrons. The summed E-state index contributed by atoms with van der Waals surface area (Å²) in [6, 6.07) is 7.60. The Morgan fingerprint density at radius 1 is 1.21 bits per heavy atom. The molecule has 0 spiro atoms. The van der Waals surface area contributed by atoms with Crippen LogP contribution in [0.1, 0.15) is 9.88 Å². The predicted molar refractivity (Wildman–Crippen MR) is 77.1 cm³/mol. The number of hydrogen-bond donors (Lipinski definition) is 1. The van der Waals surface area contributed by atoms with Crippen molar-refractivity contribution < 1.29 is 9.47 Å². The molecule has 1 aromatic heterocycles. The first-order valence-electron chi connectivity index (χ1n) is 6.17. The Morgan fingerprint density at radius 3 is 2.63 bits per heavy atom. The summed E-state index contributed by atoms with van der Waals surface area (Å²) in [5.41, 5.74) is 0. The smallest absolute Gasteiger partial charge is 0.119 e. The lowest BCUT2D eigenvalue weighted by atomic mass is 10.3. The Hall–Kier alpha value is -1.59. The maximum absolute atomic E-state index is 5.67. The molecule has 5 heteroatoms. The van der Waals surface area contributed by atoms with Gasteiger partial charge in [-0.1, -0.05) is 0 Å². The minimum atomic E-state index is 0.638. The minimum Gasteiger partial charge on any atom is -0.497 e. The number of aromatic nitrogens is 1. The maximum Gasteiger partial charge on any atom is 0.119 e. The van der Waals surface area contributed by atoms with Gasteiger partial charge < -0.3 is 14.8 Å². The highest BCUT2D eigenvalue weighted by molar-refractivity contribution is 7.11. The molecule has 2 rings (SSSR count). The van der Waals surface area contributed by atoms with Crippen molar-refractivity contribution >= 4 is 11.3 Å². The first-order chi connectivity index (χ1) is 9.31. The van der Waals surface area contributed by atoms with Crippen LogP contribution in [0, 0.1) is 0 Å². The van der Waals surface area contributed by atoms with Crippen molar-refractivity contribution in [1.29, 1.82) is 0 Å². The topological polar surface area (TPSA) is 43.4 Å². The fourth-order valence-electron chi connectivity index (χ4n) is 1.65. The monoisotopic (exact) mass is 278 g/mol. The average Bonchev–Trinajstić information content (AvgIpc) is 2.88. The second-order valence-electron chi connectivity index (χ2n) is 4.02. The zero-order valence-electron chi connectivity index (χ0n) is 11.2. The van der Waals surface area contributed by atoms with Crippen LogP contribution in [0.15, 0.2) is 30.5 Å². The molecule has 0 saturated carbocycles. The van der Waals surface area contributed by atoms with Crippen LogP contribution in [-0.4, -0.2) is 25.7 Å². The highest BCUT2D eigenvalue weighted by Crippen LogP contribution is 2.18. The van der Waals surface area contributed by atoms with Crippen molar-refractivity contribution in [1.82, 2.24) is 10.3 Å². The maximum atomic E-state index is 5.67. The summed E-state index contributed by atoms with van der Waals surface area (Å²) in [4.78, 5) is 5.62. The molecular weight excluding hydrogens is 260 g/mol. The van der Waals surface area contributed by atoms with Gasteiger partial charge in [0.2, 0.25) is 0 Å². The molecule has 0 amide bonds. The number of methoxy groups -OCH3 is 1. The third-order valence-electron chi connectivity index (χ3n) is 2.60. The Balaban J connectivity index is 1.78. The van der Waals surface area contributed by atoms with Crippen LogP contribution in [0.3, 0.4) is 0 Å². The van der Waals surface area contributed by atoms with Crippen molar-refractivity contribution in [3.63, 3.8) is 0 Å². The predicted octanol–water partition coefficient (Wildman–Crippen LogP) is 2.49. The molecule has 0 saturated heterocycles. The molecule has 1 aromatic carbocycles. The van der Waals surface area contributed by atoms with E-state index in [4.69, 9.17) is 9.47 Å². The van der Waals surface area contributed by atoms with Gasteiger partial charge >= 0.3 is 0 Å². The van der Waals surface area contributed by atoms with Crippen molar-refractivity contribution in [2.45, 2.75) is 13.0 Å². The summed E-state index contributed by atoms with van der Waals surface area (Å²) in [5.74, 6) is 1.69. The third-order valence-corrected chi connectivity index (χ3v) is 3.65. The number of thiazole rings is 1. The Morgan fingerprint density at radius 2 is 1.95 bits per heavy atom. The molecule has 1 N–H and O–H groups in total. The molecule has 0 fully saturated rings. The fraction of sp³-hybridized carbons (Fsp3) is 0.357. The highest BCUT2D eigenvalue weighted by Gasteiger charge is 2.02. The molecule has 0 unspecified atom stereocenters. The lowest BCUT2D eigenvalue weighted by Gasteiger charge is -2.05. The number of nitrogens with zero attached hydrogens (tertiary/aromatic N) is 1. The van der Waals surface area contributed by atoms with Gasteiger partial charge in [-0.05, 0) is 31.3 Å². The first kappa shape index (κ1) is 13.8. The lowest BCUT2D eigenvalue weighted by Crippen LogP contribution is -2.02. The quantitative estimate of drug-likeness (QED) is 0.845. The normalized spacial score (nSPS) is 10.4. The van der Waals surface area contributed by atoms with E-state index in [0.717, 1.165) is 29.5 Å². The lowest BCUT2D eigenvalue weighted by molar-refractivity contribution is 0.321. The molecule has 0 atom stereocenters. The van der Waals surface area contributed by atoms with E-state index in [-0.39, 0.29) is 0 Å². The Labute approximate surface area is 117 Å². The van der Waals surface area contributed by atoms with E-state index in [0.29, 0.717) is 6.61 Å². The van der Waals surface area contributed by atoms with Gasteiger partial charge in [0, 0.05) is 24.0 Å². The van der Waals surface area contributed by atoms with Gasteiger partial charge in [-0.15, -0.1) is 11.3 Å². The minimum absolute atomic E-state index is 0.638. The summed E-state index contributed by atoms with van der Waals surface area (Å²) in [6.07, 6.45) is 2.75. The highest BCUT2D eigenvalue weighted by atomic mass is 32.1. The van der Waals surface area contributed by atoms with E-state index in [1.54, 1.807) is 18.4 Å². The summed E-state index contributed by atoms with van der Waals surface area (Å²) in [5, 5.41) is 4.23.